The Balaban J connectivity index is 2.06. The van der Waals surface area contributed by atoms with Crippen LogP contribution in [0.1, 0.15) is 6.42 Å². The SMILES string of the molecule is ClC1=C2Cn3ncnc3-c3cc(Cl)ccc3N2C=C=CC1. The fourth-order valence-corrected chi connectivity index (χ4v) is 3.01. The summed E-state index contributed by atoms with van der Waals surface area (Å²) in [5.74, 6) is 0.787. The molecule has 0 amide bonds. The molecule has 1 aromatic carbocycles. The molecule has 4 rings (SSSR count). The van der Waals surface area contributed by atoms with Crippen LogP contribution in [-0.2, 0) is 6.54 Å². The minimum absolute atomic E-state index is 0.562. The van der Waals surface area contributed by atoms with Gasteiger partial charge in [0.15, 0.2) is 5.82 Å². The Labute approximate surface area is 131 Å². The van der Waals surface area contributed by atoms with Crippen molar-refractivity contribution in [2.45, 2.75) is 13.0 Å². The average molecular weight is 317 g/mol. The van der Waals surface area contributed by atoms with E-state index >= 15 is 0 Å². The Hall–Kier alpha value is -2.00. The van der Waals surface area contributed by atoms with Gasteiger partial charge in [0.2, 0.25) is 0 Å². The van der Waals surface area contributed by atoms with E-state index in [1.807, 2.05) is 40.1 Å². The van der Waals surface area contributed by atoms with Crippen molar-refractivity contribution in [2.75, 3.05) is 4.90 Å². The first-order valence-electron chi connectivity index (χ1n) is 6.49. The molecule has 0 fully saturated rings. The van der Waals surface area contributed by atoms with E-state index in [2.05, 4.69) is 15.8 Å². The first-order valence-corrected chi connectivity index (χ1v) is 7.25. The highest BCUT2D eigenvalue weighted by Crippen LogP contribution is 2.39. The molecule has 0 radical (unpaired) electrons. The first kappa shape index (κ1) is 12.7. The largest absolute Gasteiger partial charge is 0.310 e. The van der Waals surface area contributed by atoms with Crippen LogP contribution in [0.25, 0.3) is 11.4 Å². The van der Waals surface area contributed by atoms with Crippen LogP contribution in [-0.4, -0.2) is 14.8 Å². The van der Waals surface area contributed by atoms with Crippen molar-refractivity contribution in [2.24, 2.45) is 0 Å². The molecular weight excluding hydrogens is 307 g/mol. The first-order chi connectivity index (χ1) is 10.2. The zero-order chi connectivity index (χ0) is 14.4. The summed E-state index contributed by atoms with van der Waals surface area (Å²) in [6.45, 7) is 0.562. The third kappa shape index (κ3) is 2.00. The fraction of sp³-hybridized carbons (Fsp3) is 0.133. The van der Waals surface area contributed by atoms with Crippen LogP contribution in [0.3, 0.4) is 0 Å². The van der Waals surface area contributed by atoms with E-state index in [9.17, 15) is 0 Å². The molecule has 0 aliphatic carbocycles. The lowest BCUT2D eigenvalue weighted by atomic mass is 10.1. The second kappa shape index (κ2) is 4.78. The second-order valence-corrected chi connectivity index (χ2v) is 5.72. The van der Waals surface area contributed by atoms with Gasteiger partial charge in [-0.3, -0.25) is 0 Å². The topological polar surface area (TPSA) is 34.0 Å². The van der Waals surface area contributed by atoms with Crippen molar-refractivity contribution < 1.29 is 0 Å². The fourth-order valence-electron chi connectivity index (χ4n) is 2.61. The molecule has 0 saturated carbocycles. The average Bonchev–Trinajstić information content (AvgIpc) is 2.80. The number of hydrogen-bond acceptors (Lipinski definition) is 3. The predicted molar refractivity (Wildman–Crippen MR) is 83.1 cm³/mol. The van der Waals surface area contributed by atoms with E-state index in [1.165, 1.54) is 0 Å². The molecule has 0 unspecified atom stereocenters. The van der Waals surface area contributed by atoms with E-state index in [0.29, 0.717) is 18.0 Å². The monoisotopic (exact) mass is 316 g/mol. The van der Waals surface area contributed by atoms with Gasteiger partial charge in [0, 0.05) is 22.0 Å². The van der Waals surface area contributed by atoms with E-state index in [0.717, 1.165) is 27.8 Å². The van der Waals surface area contributed by atoms with Gasteiger partial charge in [-0.15, -0.1) is 5.73 Å². The van der Waals surface area contributed by atoms with Crippen LogP contribution in [0.15, 0.2) is 53.3 Å². The second-order valence-electron chi connectivity index (χ2n) is 4.83. The summed E-state index contributed by atoms with van der Waals surface area (Å²) >= 11 is 12.6. The quantitative estimate of drug-likeness (QED) is 0.690. The van der Waals surface area contributed by atoms with Crippen molar-refractivity contribution in [3.63, 3.8) is 0 Å². The van der Waals surface area contributed by atoms with Crippen LogP contribution in [0.2, 0.25) is 5.02 Å². The Bertz CT molecular complexity index is 828. The lowest BCUT2D eigenvalue weighted by Crippen LogP contribution is -2.18. The molecule has 2 aromatic rings. The number of allylic oxidation sites excluding steroid dienone is 3. The Morgan fingerprint density at radius 1 is 1.24 bits per heavy atom. The van der Waals surface area contributed by atoms with Crippen molar-refractivity contribution in [3.05, 3.63) is 58.3 Å². The van der Waals surface area contributed by atoms with Gasteiger partial charge in [-0.25, -0.2) is 9.67 Å². The molecule has 1 aromatic heterocycles. The van der Waals surface area contributed by atoms with Crippen molar-refractivity contribution in [1.82, 2.24) is 14.8 Å². The summed E-state index contributed by atoms with van der Waals surface area (Å²) in [4.78, 5) is 6.40. The van der Waals surface area contributed by atoms with Gasteiger partial charge in [-0.2, -0.15) is 5.10 Å². The van der Waals surface area contributed by atoms with Gasteiger partial charge < -0.3 is 4.90 Å². The van der Waals surface area contributed by atoms with E-state index < -0.39 is 0 Å². The molecule has 0 bridgehead atoms. The maximum absolute atomic E-state index is 6.46. The third-order valence-electron chi connectivity index (χ3n) is 3.58. The normalized spacial score (nSPS) is 16.2. The summed E-state index contributed by atoms with van der Waals surface area (Å²) in [5.41, 5.74) is 6.03. The summed E-state index contributed by atoms with van der Waals surface area (Å²) in [5, 5.41) is 5.74. The molecule has 21 heavy (non-hydrogen) atoms. The Kier molecular flexibility index (Phi) is 2.89. The van der Waals surface area contributed by atoms with E-state index in [-0.39, 0.29) is 0 Å². The van der Waals surface area contributed by atoms with Gasteiger partial charge in [0.05, 0.1) is 24.1 Å². The van der Waals surface area contributed by atoms with Crippen LogP contribution >= 0.6 is 23.2 Å². The van der Waals surface area contributed by atoms with Crippen LogP contribution in [0, 0.1) is 0 Å². The van der Waals surface area contributed by atoms with Crippen LogP contribution < -0.4 is 4.90 Å². The molecule has 0 atom stereocenters. The van der Waals surface area contributed by atoms with Crippen LogP contribution in [0.4, 0.5) is 5.69 Å². The number of rotatable bonds is 0. The maximum Gasteiger partial charge on any atom is 0.160 e. The summed E-state index contributed by atoms with van der Waals surface area (Å²) in [7, 11) is 0. The number of nitrogens with zero attached hydrogens (tertiary/aromatic N) is 4. The van der Waals surface area contributed by atoms with Crippen molar-refractivity contribution in [1.29, 1.82) is 0 Å². The number of hydrogen-bond donors (Lipinski definition) is 0. The highest BCUT2D eigenvalue weighted by Gasteiger charge is 2.26. The lowest BCUT2D eigenvalue weighted by molar-refractivity contribution is 0.677. The smallest absolute Gasteiger partial charge is 0.160 e. The summed E-state index contributed by atoms with van der Waals surface area (Å²) in [6.07, 6.45) is 6.03. The highest BCUT2D eigenvalue weighted by atomic mass is 35.5. The van der Waals surface area contributed by atoms with Gasteiger partial charge in [-0.05, 0) is 24.3 Å². The summed E-state index contributed by atoms with van der Waals surface area (Å²) in [6, 6.07) is 5.73. The van der Waals surface area contributed by atoms with Crippen molar-refractivity contribution in [3.8, 4) is 11.4 Å². The van der Waals surface area contributed by atoms with Gasteiger partial charge in [-0.1, -0.05) is 23.2 Å². The van der Waals surface area contributed by atoms with Gasteiger partial charge in [0.25, 0.3) is 0 Å². The third-order valence-corrected chi connectivity index (χ3v) is 4.19. The van der Waals surface area contributed by atoms with E-state index in [4.69, 9.17) is 23.2 Å². The zero-order valence-corrected chi connectivity index (χ0v) is 12.4. The number of benzene rings is 1. The molecular formula is C15H10Cl2N4. The maximum atomic E-state index is 6.46. The Morgan fingerprint density at radius 2 is 2.14 bits per heavy atom. The van der Waals surface area contributed by atoms with Crippen LogP contribution in [0.5, 0.6) is 0 Å². The molecule has 2 aliphatic rings. The molecule has 4 nitrogen and oxygen atoms in total. The number of anilines is 1. The molecule has 3 heterocycles. The number of fused-ring (bicyclic) bond motifs is 5. The minimum atomic E-state index is 0.562. The molecule has 0 N–H and O–H groups in total. The zero-order valence-electron chi connectivity index (χ0n) is 10.9. The molecule has 6 heteroatoms. The van der Waals surface area contributed by atoms with Gasteiger partial charge in [0.1, 0.15) is 6.33 Å². The minimum Gasteiger partial charge on any atom is -0.310 e. The molecule has 2 aliphatic heterocycles. The Morgan fingerprint density at radius 3 is 3.05 bits per heavy atom. The standard InChI is InChI=1S/C15H10Cl2N4/c16-10-4-5-13-11(7-10)15-18-9-19-21(15)8-14-12(17)3-1-2-6-20(13)14/h1,4-7,9H,3,8H2. The van der Waals surface area contributed by atoms with Gasteiger partial charge >= 0.3 is 0 Å². The highest BCUT2D eigenvalue weighted by molar-refractivity contribution is 6.31. The predicted octanol–water partition coefficient (Wildman–Crippen LogP) is 3.94. The number of halogens is 2. The lowest BCUT2D eigenvalue weighted by Gasteiger charge is -2.22. The summed E-state index contributed by atoms with van der Waals surface area (Å²) < 4.78 is 1.84. The number of aromatic nitrogens is 3. The molecule has 0 spiro atoms. The van der Waals surface area contributed by atoms with Crippen molar-refractivity contribution >= 4 is 28.9 Å². The molecule has 104 valence electrons. The van der Waals surface area contributed by atoms with E-state index in [1.54, 1.807) is 6.33 Å². The molecule has 0 saturated heterocycles.